The van der Waals surface area contributed by atoms with Gasteiger partial charge in [0.1, 0.15) is 15.8 Å². The van der Waals surface area contributed by atoms with E-state index in [4.69, 9.17) is 23.2 Å². The van der Waals surface area contributed by atoms with E-state index < -0.39 is 74.6 Å². The van der Waals surface area contributed by atoms with Gasteiger partial charge in [-0.2, -0.15) is 8.78 Å². The Bertz CT molecular complexity index is 1160. The lowest BCUT2D eigenvalue weighted by Gasteiger charge is -2.13. The fraction of sp³-hybridized carbons (Fsp3) is 0.211. The lowest BCUT2D eigenvalue weighted by atomic mass is 10.1. The van der Waals surface area contributed by atoms with Crippen molar-refractivity contribution in [1.29, 1.82) is 0 Å². The Morgan fingerprint density at radius 3 is 2.15 bits per heavy atom. The van der Waals surface area contributed by atoms with Crippen LogP contribution < -0.4 is 16.0 Å². The molecule has 14 heteroatoms. The highest BCUT2D eigenvalue weighted by atomic mass is 35.5. The second-order valence-corrected chi connectivity index (χ2v) is 8.40. The summed E-state index contributed by atoms with van der Waals surface area (Å²) in [5, 5.41) is 5.33. The summed E-state index contributed by atoms with van der Waals surface area (Å²) in [7, 11) is 0. The average molecular weight is 514 g/mol. The Hall–Kier alpha value is -2.99. The van der Waals surface area contributed by atoms with Crippen LogP contribution in [0.15, 0.2) is 24.3 Å². The quantitative estimate of drug-likeness (QED) is 0.382. The largest absolute Gasteiger partial charge is 0.326 e. The van der Waals surface area contributed by atoms with E-state index in [0.29, 0.717) is 18.2 Å². The van der Waals surface area contributed by atoms with E-state index in [1.54, 1.807) is 0 Å². The smallest absolute Gasteiger partial charge is 0.315 e. The number of anilines is 3. The van der Waals surface area contributed by atoms with E-state index in [1.807, 2.05) is 5.32 Å². The number of carbonyl (C=O) groups is 3. The van der Waals surface area contributed by atoms with Gasteiger partial charge in [0.2, 0.25) is 5.91 Å². The van der Waals surface area contributed by atoms with E-state index in [0.717, 1.165) is 6.07 Å². The number of benzene rings is 2. The molecule has 176 valence electrons. The van der Waals surface area contributed by atoms with Crippen molar-refractivity contribution in [2.75, 3.05) is 16.0 Å². The van der Waals surface area contributed by atoms with E-state index in [9.17, 15) is 40.7 Å². The summed E-state index contributed by atoms with van der Waals surface area (Å²) >= 11 is 11.5. The molecule has 3 amide bonds. The second kappa shape index (κ2) is 9.10. The normalized spacial score (nSPS) is 16.3. The van der Waals surface area contributed by atoms with Crippen LogP contribution in [0.3, 0.4) is 0 Å². The zero-order valence-corrected chi connectivity index (χ0v) is 17.4. The van der Waals surface area contributed by atoms with Gasteiger partial charge in [-0.1, -0.05) is 0 Å². The maximum Gasteiger partial charge on any atom is 0.315 e. The van der Waals surface area contributed by atoms with Gasteiger partial charge >= 0.3 is 6.43 Å². The van der Waals surface area contributed by atoms with Crippen molar-refractivity contribution in [3.63, 3.8) is 0 Å². The molecule has 2 aromatic rings. The molecule has 1 saturated carbocycles. The third kappa shape index (κ3) is 5.33. The van der Waals surface area contributed by atoms with Crippen molar-refractivity contribution in [1.82, 2.24) is 0 Å². The molecule has 33 heavy (non-hydrogen) atoms. The molecule has 3 N–H and O–H groups in total. The summed E-state index contributed by atoms with van der Waals surface area (Å²) in [5.41, 5.74) is -3.45. The van der Waals surface area contributed by atoms with Gasteiger partial charge in [-0.25, -0.2) is 17.6 Å². The number of carbonyl (C=O) groups excluding carboxylic acids is 3. The Kier molecular flexibility index (Phi) is 6.80. The maximum atomic E-state index is 14.5. The first-order chi connectivity index (χ1) is 15.3. The van der Waals surface area contributed by atoms with Gasteiger partial charge in [-0.05, 0) is 24.6 Å². The molecule has 0 bridgehead atoms. The predicted octanol–water partition coefficient (Wildman–Crippen LogP) is 4.83. The highest BCUT2D eigenvalue weighted by Crippen LogP contribution is 2.53. The van der Waals surface area contributed by atoms with Crippen molar-refractivity contribution in [2.24, 2.45) is 5.92 Å². The predicted molar refractivity (Wildman–Crippen MR) is 106 cm³/mol. The molecule has 0 unspecified atom stereocenters. The maximum absolute atomic E-state index is 14.5. The van der Waals surface area contributed by atoms with Crippen molar-refractivity contribution in [2.45, 2.75) is 17.2 Å². The van der Waals surface area contributed by atoms with Crippen LogP contribution in [0.5, 0.6) is 0 Å². The Labute approximate surface area is 191 Å². The molecule has 1 aliphatic carbocycles. The lowest BCUT2D eigenvalue weighted by Crippen LogP contribution is -2.23. The number of alkyl halides is 4. The molecule has 0 heterocycles. The average Bonchev–Trinajstić information content (AvgIpc) is 3.37. The Morgan fingerprint density at radius 1 is 0.939 bits per heavy atom. The minimum atomic E-state index is -3.59. The summed E-state index contributed by atoms with van der Waals surface area (Å²) in [5.74, 6) is -11.3. The van der Waals surface area contributed by atoms with Crippen LogP contribution in [0.25, 0.3) is 0 Å². The van der Waals surface area contributed by atoms with E-state index >= 15 is 0 Å². The Morgan fingerprint density at radius 2 is 1.58 bits per heavy atom. The molecule has 0 radical (unpaired) electrons. The van der Waals surface area contributed by atoms with Crippen molar-refractivity contribution in [3.05, 3.63) is 53.1 Å². The third-order valence-electron chi connectivity index (χ3n) is 4.47. The SMILES string of the molecule is O=C(Nc1ccc(F)c(NC(=O)C(F)F)c1F)c1cc(NC(=O)[C@H]2CC2(Cl)Cl)cc(F)c1F. The van der Waals surface area contributed by atoms with Gasteiger partial charge in [0.15, 0.2) is 17.5 Å². The first-order valence-corrected chi connectivity index (χ1v) is 9.63. The molecular formula is C19H11Cl2F6N3O3. The topological polar surface area (TPSA) is 87.3 Å². The summed E-state index contributed by atoms with van der Waals surface area (Å²) in [6, 6.07) is 2.51. The molecule has 1 atom stereocenters. The summed E-state index contributed by atoms with van der Waals surface area (Å²) in [6.07, 6.45) is -3.47. The van der Waals surface area contributed by atoms with Crippen molar-refractivity contribution >= 4 is 58.0 Å². The zero-order chi connectivity index (χ0) is 24.7. The molecule has 1 fully saturated rings. The number of halogens is 8. The van der Waals surface area contributed by atoms with Crippen LogP contribution in [0.1, 0.15) is 16.8 Å². The van der Waals surface area contributed by atoms with Gasteiger partial charge in [0, 0.05) is 11.8 Å². The molecule has 1 aliphatic rings. The molecule has 2 aromatic carbocycles. The van der Waals surface area contributed by atoms with Gasteiger partial charge < -0.3 is 16.0 Å². The number of nitrogens with one attached hydrogen (secondary N) is 3. The van der Waals surface area contributed by atoms with Crippen LogP contribution in [-0.4, -0.2) is 28.5 Å². The highest BCUT2D eigenvalue weighted by Gasteiger charge is 2.56. The lowest BCUT2D eigenvalue weighted by molar-refractivity contribution is -0.126. The van der Waals surface area contributed by atoms with Crippen LogP contribution in [0, 0.1) is 29.2 Å². The molecule has 6 nitrogen and oxygen atoms in total. The molecule has 0 saturated heterocycles. The third-order valence-corrected chi connectivity index (χ3v) is 5.30. The van der Waals surface area contributed by atoms with Crippen LogP contribution in [-0.2, 0) is 9.59 Å². The zero-order valence-electron chi connectivity index (χ0n) is 15.9. The fourth-order valence-corrected chi connectivity index (χ4v) is 3.19. The van der Waals surface area contributed by atoms with Crippen LogP contribution >= 0.6 is 23.2 Å². The minimum absolute atomic E-state index is 0.118. The van der Waals surface area contributed by atoms with Gasteiger partial charge in [-0.15, -0.1) is 23.2 Å². The van der Waals surface area contributed by atoms with E-state index in [2.05, 4.69) is 5.32 Å². The standard InChI is InChI=1S/C19H11Cl2F6N3O3/c20-19(21)5-8(19)17(32)28-6-3-7(12(24)10(23)4-6)16(31)29-11-2-1-9(22)14(13(11)25)30-18(33)15(26)27/h1-4,8,15H,5H2,(H,28,32)(H,29,31)(H,30,33)/t8-/m1/s1. The Balaban J connectivity index is 1.85. The second-order valence-electron chi connectivity index (χ2n) is 6.85. The first kappa shape index (κ1) is 24.6. The van der Waals surface area contributed by atoms with Crippen LogP contribution in [0.4, 0.5) is 43.4 Å². The van der Waals surface area contributed by atoms with Crippen molar-refractivity contribution < 1.29 is 40.7 Å². The fourth-order valence-electron chi connectivity index (χ4n) is 2.68. The molecule has 3 rings (SSSR count). The monoisotopic (exact) mass is 513 g/mol. The summed E-state index contributed by atoms with van der Waals surface area (Å²) < 4.78 is 79.8. The number of rotatable bonds is 6. The molecule has 0 aliphatic heterocycles. The van der Waals surface area contributed by atoms with Gasteiger partial charge in [0.05, 0.1) is 17.2 Å². The number of amides is 3. The number of hydrogen-bond acceptors (Lipinski definition) is 3. The summed E-state index contributed by atoms with van der Waals surface area (Å²) in [6.45, 7) is 0. The molecule has 0 aromatic heterocycles. The summed E-state index contributed by atoms with van der Waals surface area (Å²) in [4.78, 5) is 35.5. The van der Waals surface area contributed by atoms with Gasteiger partial charge in [0.25, 0.3) is 11.8 Å². The first-order valence-electron chi connectivity index (χ1n) is 8.88. The minimum Gasteiger partial charge on any atom is -0.326 e. The van der Waals surface area contributed by atoms with E-state index in [1.165, 1.54) is 5.32 Å². The van der Waals surface area contributed by atoms with Gasteiger partial charge in [-0.3, -0.25) is 14.4 Å². The number of hydrogen-bond donors (Lipinski definition) is 3. The molecule has 0 spiro atoms. The molecular weight excluding hydrogens is 503 g/mol. The van der Waals surface area contributed by atoms with E-state index in [-0.39, 0.29) is 12.1 Å². The van der Waals surface area contributed by atoms with Crippen LogP contribution in [0.2, 0.25) is 0 Å². The van der Waals surface area contributed by atoms with Crippen molar-refractivity contribution in [3.8, 4) is 0 Å². The highest BCUT2D eigenvalue weighted by molar-refractivity contribution is 6.52.